The van der Waals surface area contributed by atoms with Crippen molar-refractivity contribution in [1.82, 2.24) is 0 Å². The number of esters is 1. The molecule has 4 nitrogen and oxygen atoms in total. The van der Waals surface area contributed by atoms with Gasteiger partial charge in [-0.15, -0.1) is 0 Å². The summed E-state index contributed by atoms with van der Waals surface area (Å²) in [5.41, 5.74) is 3.50. The molecule has 0 aliphatic heterocycles. The highest BCUT2D eigenvalue weighted by atomic mass is 16.5. The summed E-state index contributed by atoms with van der Waals surface area (Å²) in [7, 11) is 1.35. The number of benzene rings is 1. The zero-order chi connectivity index (χ0) is 13.7. The van der Waals surface area contributed by atoms with Crippen LogP contribution >= 0.6 is 0 Å². The topological polar surface area (TPSA) is 63.6 Å². The number of carbonyl (C=O) groups is 2. The molecule has 0 amide bonds. The molecule has 0 unspecified atom stereocenters. The first-order valence-corrected chi connectivity index (χ1v) is 5.86. The van der Waals surface area contributed by atoms with E-state index in [-0.39, 0.29) is 12.4 Å². The molecule has 0 atom stereocenters. The van der Waals surface area contributed by atoms with E-state index < -0.39 is 5.97 Å². The van der Waals surface area contributed by atoms with Crippen molar-refractivity contribution in [2.45, 2.75) is 33.1 Å². The molecule has 1 N–H and O–H groups in total. The zero-order valence-corrected chi connectivity index (χ0v) is 10.9. The maximum Gasteiger partial charge on any atom is 0.338 e. The van der Waals surface area contributed by atoms with Gasteiger partial charge in [0, 0.05) is 6.42 Å². The van der Waals surface area contributed by atoms with E-state index in [4.69, 9.17) is 9.84 Å². The van der Waals surface area contributed by atoms with Crippen LogP contribution in [0, 0.1) is 13.8 Å². The molecule has 0 saturated heterocycles. The lowest BCUT2D eigenvalue weighted by molar-refractivity contribution is -0.137. The van der Waals surface area contributed by atoms with E-state index in [0.29, 0.717) is 18.4 Å². The highest BCUT2D eigenvalue weighted by Crippen LogP contribution is 2.19. The number of hydrogen-bond donors (Lipinski definition) is 1. The van der Waals surface area contributed by atoms with Gasteiger partial charge in [-0.1, -0.05) is 6.07 Å². The molecule has 4 heteroatoms. The van der Waals surface area contributed by atoms with Crippen LogP contribution in [0.25, 0.3) is 0 Å². The minimum absolute atomic E-state index is 0.140. The number of aliphatic carboxylic acids is 1. The molecule has 0 saturated carbocycles. The van der Waals surface area contributed by atoms with E-state index in [9.17, 15) is 9.59 Å². The summed E-state index contributed by atoms with van der Waals surface area (Å²) < 4.78 is 4.72. The van der Waals surface area contributed by atoms with E-state index in [1.807, 2.05) is 19.9 Å². The van der Waals surface area contributed by atoms with Crippen LogP contribution in [0.2, 0.25) is 0 Å². The van der Waals surface area contributed by atoms with E-state index in [1.54, 1.807) is 6.07 Å². The van der Waals surface area contributed by atoms with Crippen molar-refractivity contribution in [2.24, 2.45) is 0 Å². The molecule has 98 valence electrons. The summed E-state index contributed by atoms with van der Waals surface area (Å²) in [4.78, 5) is 22.0. The number of ether oxygens (including phenoxy) is 1. The molecule has 0 heterocycles. The van der Waals surface area contributed by atoms with Crippen molar-refractivity contribution in [1.29, 1.82) is 0 Å². The summed E-state index contributed by atoms with van der Waals surface area (Å²) in [6.45, 7) is 3.82. The minimum Gasteiger partial charge on any atom is -0.481 e. The van der Waals surface area contributed by atoms with Crippen LogP contribution in [0.4, 0.5) is 0 Å². The maximum atomic E-state index is 11.6. The van der Waals surface area contributed by atoms with E-state index >= 15 is 0 Å². The molecular formula is C14H18O4. The quantitative estimate of drug-likeness (QED) is 0.815. The third-order valence-corrected chi connectivity index (χ3v) is 2.92. The SMILES string of the molecule is COC(=O)c1cc(CCCC(=O)O)c(C)cc1C. The highest BCUT2D eigenvalue weighted by molar-refractivity contribution is 5.91. The lowest BCUT2D eigenvalue weighted by Gasteiger charge is -2.10. The van der Waals surface area contributed by atoms with Crippen LogP contribution in [0.5, 0.6) is 0 Å². The number of carbonyl (C=O) groups excluding carboxylic acids is 1. The Morgan fingerprint density at radius 1 is 1.22 bits per heavy atom. The van der Waals surface area contributed by atoms with Gasteiger partial charge in [0.2, 0.25) is 0 Å². The van der Waals surface area contributed by atoms with Crippen LogP contribution < -0.4 is 0 Å². The third kappa shape index (κ3) is 3.58. The predicted molar refractivity (Wildman–Crippen MR) is 67.8 cm³/mol. The van der Waals surface area contributed by atoms with Gasteiger partial charge < -0.3 is 9.84 Å². The molecule has 0 spiro atoms. The van der Waals surface area contributed by atoms with Crippen LogP contribution in [-0.2, 0) is 16.0 Å². The van der Waals surface area contributed by atoms with Crippen molar-refractivity contribution in [3.8, 4) is 0 Å². The second-order valence-corrected chi connectivity index (χ2v) is 4.33. The number of rotatable bonds is 5. The van der Waals surface area contributed by atoms with Gasteiger partial charge in [0.25, 0.3) is 0 Å². The Morgan fingerprint density at radius 3 is 2.44 bits per heavy atom. The minimum atomic E-state index is -0.798. The van der Waals surface area contributed by atoms with Crippen LogP contribution in [-0.4, -0.2) is 24.2 Å². The number of carboxylic acids is 1. The third-order valence-electron chi connectivity index (χ3n) is 2.92. The highest BCUT2D eigenvalue weighted by Gasteiger charge is 2.12. The number of aryl methyl sites for hydroxylation is 3. The fourth-order valence-corrected chi connectivity index (χ4v) is 1.93. The van der Waals surface area contributed by atoms with Crippen molar-refractivity contribution < 1.29 is 19.4 Å². The normalized spacial score (nSPS) is 10.2. The molecule has 0 radical (unpaired) electrons. The van der Waals surface area contributed by atoms with Gasteiger partial charge in [-0.25, -0.2) is 4.79 Å². The fraction of sp³-hybridized carbons (Fsp3) is 0.429. The van der Waals surface area contributed by atoms with Crippen LogP contribution in [0.1, 0.15) is 39.9 Å². The predicted octanol–water partition coefficient (Wildman–Crippen LogP) is 2.50. The molecule has 1 aromatic carbocycles. The Balaban J connectivity index is 2.91. The van der Waals surface area contributed by atoms with E-state index in [0.717, 1.165) is 16.7 Å². The number of hydrogen-bond acceptors (Lipinski definition) is 3. The van der Waals surface area contributed by atoms with Gasteiger partial charge in [-0.2, -0.15) is 0 Å². The average molecular weight is 250 g/mol. The smallest absolute Gasteiger partial charge is 0.338 e. The second kappa shape index (κ2) is 6.19. The Labute approximate surface area is 107 Å². The number of carboxylic acid groups (broad SMARTS) is 1. The van der Waals surface area contributed by atoms with Crippen LogP contribution in [0.15, 0.2) is 12.1 Å². The lowest BCUT2D eigenvalue weighted by atomic mass is 9.96. The molecule has 0 aliphatic carbocycles. The van der Waals surface area contributed by atoms with Crippen molar-refractivity contribution >= 4 is 11.9 Å². The van der Waals surface area contributed by atoms with Gasteiger partial charge in [-0.3, -0.25) is 4.79 Å². The zero-order valence-electron chi connectivity index (χ0n) is 10.9. The number of methoxy groups -OCH3 is 1. The summed E-state index contributed by atoms with van der Waals surface area (Å²) in [6, 6.07) is 3.74. The first-order chi connectivity index (χ1) is 8.45. The first kappa shape index (κ1) is 14.2. The van der Waals surface area contributed by atoms with Crippen molar-refractivity contribution in [3.63, 3.8) is 0 Å². The standard InChI is InChI=1S/C14H18O4/c1-9-7-10(2)12(14(17)18-3)8-11(9)5-4-6-13(15)16/h7-8H,4-6H2,1-3H3,(H,15,16). The van der Waals surface area contributed by atoms with Gasteiger partial charge in [0.1, 0.15) is 0 Å². The lowest BCUT2D eigenvalue weighted by Crippen LogP contribution is -2.06. The molecule has 0 aromatic heterocycles. The Bertz CT molecular complexity index is 463. The van der Waals surface area contributed by atoms with Crippen molar-refractivity contribution in [2.75, 3.05) is 7.11 Å². The van der Waals surface area contributed by atoms with E-state index in [1.165, 1.54) is 7.11 Å². The fourth-order valence-electron chi connectivity index (χ4n) is 1.93. The Hall–Kier alpha value is -1.84. The average Bonchev–Trinajstić information content (AvgIpc) is 2.30. The van der Waals surface area contributed by atoms with E-state index in [2.05, 4.69) is 0 Å². The van der Waals surface area contributed by atoms with Gasteiger partial charge in [0.15, 0.2) is 0 Å². The van der Waals surface area contributed by atoms with Crippen LogP contribution in [0.3, 0.4) is 0 Å². The summed E-state index contributed by atoms with van der Waals surface area (Å²) in [5, 5.41) is 8.61. The largest absolute Gasteiger partial charge is 0.481 e. The van der Waals surface area contributed by atoms with Crippen molar-refractivity contribution in [3.05, 3.63) is 34.4 Å². The van der Waals surface area contributed by atoms with Gasteiger partial charge in [0.05, 0.1) is 12.7 Å². The molecule has 0 fully saturated rings. The molecule has 18 heavy (non-hydrogen) atoms. The molecular weight excluding hydrogens is 232 g/mol. The second-order valence-electron chi connectivity index (χ2n) is 4.33. The summed E-state index contributed by atoms with van der Waals surface area (Å²) in [5.74, 6) is -1.15. The molecule has 1 rings (SSSR count). The molecule has 1 aromatic rings. The monoisotopic (exact) mass is 250 g/mol. The first-order valence-electron chi connectivity index (χ1n) is 5.86. The Kier molecular flexibility index (Phi) is 4.89. The Morgan fingerprint density at radius 2 is 1.89 bits per heavy atom. The van der Waals surface area contributed by atoms with Gasteiger partial charge >= 0.3 is 11.9 Å². The summed E-state index contributed by atoms with van der Waals surface area (Å²) in [6.07, 6.45) is 1.36. The van der Waals surface area contributed by atoms with Gasteiger partial charge in [-0.05, 0) is 49.4 Å². The maximum absolute atomic E-state index is 11.6. The summed E-state index contributed by atoms with van der Waals surface area (Å²) >= 11 is 0. The molecule has 0 aliphatic rings. The molecule has 0 bridgehead atoms.